The Bertz CT molecular complexity index is 990. The lowest BCUT2D eigenvalue weighted by Crippen LogP contribution is -2.30. The number of hydrogen-bond donors (Lipinski definition) is 0. The van der Waals surface area contributed by atoms with Crippen LogP contribution in [0.1, 0.15) is 22.7 Å². The van der Waals surface area contributed by atoms with Gasteiger partial charge in [0.25, 0.3) is 5.91 Å². The maximum atomic E-state index is 12.6. The van der Waals surface area contributed by atoms with E-state index in [9.17, 15) is 18.0 Å². The molecule has 150 valence electrons. The highest BCUT2D eigenvalue weighted by atomic mass is 19.4. The van der Waals surface area contributed by atoms with Gasteiger partial charge in [-0.25, -0.2) is 0 Å². The molecule has 0 saturated carbocycles. The summed E-state index contributed by atoms with van der Waals surface area (Å²) >= 11 is 0. The molecule has 1 aromatic carbocycles. The van der Waals surface area contributed by atoms with E-state index in [2.05, 4.69) is 19.6 Å². The summed E-state index contributed by atoms with van der Waals surface area (Å²) in [5.74, 6) is -1.11. The zero-order chi connectivity index (χ0) is 20.4. The number of pyridine rings is 1. The third-order valence-corrected chi connectivity index (χ3v) is 4.42. The van der Waals surface area contributed by atoms with Crippen molar-refractivity contribution in [1.29, 1.82) is 0 Å². The van der Waals surface area contributed by atoms with Crippen molar-refractivity contribution in [2.45, 2.75) is 18.7 Å². The van der Waals surface area contributed by atoms with Crippen LogP contribution in [0.4, 0.5) is 13.2 Å². The highest BCUT2D eigenvalue weighted by Crippen LogP contribution is 2.30. The minimum Gasteiger partial charge on any atom is -0.489 e. The molecule has 0 unspecified atom stereocenters. The van der Waals surface area contributed by atoms with Crippen LogP contribution in [0.2, 0.25) is 0 Å². The standard InChI is InChI=1S/C19H15F3N4O3/c20-19(21,22)18-24-16(25-29-18)12-3-5-14(6-4-12)28-15-7-9-26(11-15)17(27)13-2-1-8-23-10-13/h1-6,8,10,15H,7,9,11H2/t15-/m0/s1. The summed E-state index contributed by atoms with van der Waals surface area (Å²) in [5.41, 5.74) is 0.896. The molecule has 3 aromatic rings. The van der Waals surface area contributed by atoms with E-state index in [-0.39, 0.29) is 17.8 Å². The summed E-state index contributed by atoms with van der Waals surface area (Å²) in [4.78, 5) is 21.5. The number of nitrogens with zero attached hydrogens (tertiary/aromatic N) is 4. The molecule has 0 aliphatic carbocycles. The Hall–Kier alpha value is -3.43. The first kappa shape index (κ1) is 18.9. The van der Waals surface area contributed by atoms with Crippen LogP contribution >= 0.6 is 0 Å². The number of rotatable bonds is 4. The molecule has 7 nitrogen and oxygen atoms in total. The molecule has 1 aliphatic heterocycles. The fourth-order valence-electron chi connectivity index (χ4n) is 3.01. The van der Waals surface area contributed by atoms with E-state index in [1.165, 1.54) is 6.20 Å². The van der Waals surface area contributed by atoms with Crippen LogP contribution in [0.25, 0.3) is 11.4 Å². The molecule has 0 spiro atoms. The van der Waals surface area contributed by atoms with Gasteiger partial charge in [-0.05, 0) is 36.4 Å². The molecule has 2 aromatic heterocycles. The lowest BCUT2D eigenvalue weighted by Gasteiger charge is -2.17. The third kappa shape index (κ3) is 4.20. The molecule has 1 fully saturated rings. The molecule has 0 bridgehead atoms. The van der Waals surface area contributed by atoms with Crippen LogP contribution in [-0.2, 0) is 6.18 Å². The van der Waals surface area contributed by atoms with Crippen molar-refractivity contribution >= 4 is 5.91 Å². The topological polar surface area (TPSA) is 81.4 Å². The zero-order valence-corrected chi connectivity index (χ0v) is 15.0. The average Bonchev–Trinajstić information content (AvgIpc) is 3.38. The van der Waals surface area contributed by atoms with Gasteiger partial charge in [-0.2, -0.15) is 18.2 Å². The van der Waals surface area contributed by atoms with Gasteiger partial charge >= 0.3 is 12.1 Å². The van der Waals surface area contributed by atoms with Crippen molar-refractivity contribution in [3.63, 3.8) is 0 Å². The molecular weight excluding hydrogens is 389 g/mol. The van der Waals surface area contributed by atoms with Crippen molar-refractivity contribution in [1.82, 2.24) is 20.0 Å². The second kappa shape index (κ2) is 7.53. The molecular formula is C19H15F3N4O3. The lowest BCUT2D eigenvalue weighted by molar-refractivity contribution is -0.159. The van der Waals surface area contributed by atoms with Crippen molar-refractivity contribution in [3.05, 3.63) is 60.2 Å². The number of carbonyl (C=O) groups excluding carboxylic acids is 1. The van der Waals surface area contributed by atoms with Gasteiger partial charge in [0.2, 0.25) is 5.82 Å². The average molecular weight is 404 g/mol. The molecule has 1 atom stereocenters. The molecule has 29 heavy (non-hydrogen) atoms. The van der Waals surface area contributed by atoms with Gasteiger partial charge in [0.1, 0.15) is 11.9 Å². The Balaban J connectivity index is 1.37. The van der Waals surface area contributed by atoms with Crippen molar-refractivity contribution in [2.24, 2.45) is 0 Å². The van der Waals surface area contributed by atoms with Gasteiger partial charge in [0.15, 0.2) is 0 Å². The first-order valence-electron chi connectivity index (χ1n) is 8.77. The number of benzene rings is 1. The number of ether oxygens (including phenoxy) is 1. The van der Waals surface area contributed by atoms with E-state index in [0.29, 0.717) is 36.4 Å². The Morgan fingerprint density at radius 1 is 1.21 bits per heavy atom. The second-order valence-electron chi connectivity index (χ2n) is 6.47. The van der Waals surface area contributed by atoms with E-state index in [1.807, 2.05) is 0 Å². The number of alkyl halides is 3. The molecule has 3 heterocycles. The van der Waals surface area contributed by atoms with Crippen LogP contribution in [0.3, 0.4) is 0 Å². The largest absolute Gasteiger partial charge is 0.489 e. The maximum absolute atomic E-state index is 12.6. The molecule has 1 aliphatic rings. The minimum atomic E-state index is -4.68. The van der Waals surface area contributed by atoms with Gasteiger partial charge in [0.05, 0.1) is 12.1 Å². The number of amides is 1. The van der Waals surface area contributed by atoms with E-state index in [1.54, 1.807) is 47.5 Å². The monoisotopic (exact) mass is 404 g/mol. The van der Waals surface area contributed by atoms with Crippen molar-refractivity contribution in [3.8, 4) is 17.1 Å². The molecule has 0 N–H and O–H groups in total. The SMILES string of the molecule is O=C(c1cccnc1)N1CC[C@H](Oc2ccc(-c3noc(C(F)(F)F)n3)cc2)C1. The molecule has 4 rings (SSSR count). The predicted molar refractivity (Wildman–Crippen MR) is 93.9 cm³/mol. The van der Waals surface area contributed by atoms with Crippen LogP contribution in [0, 0.1) is 0 Å². The molecule has 10 heteroatoms. The summed E-state index contributed by atoms with van der Waals surface area (Å²) < 4.78 is 47.8. The first-order valence-corrected chi connectivity index (χ1v) is 8.77. The first-order chi connectivity index (χ1) is 13.9. The quantitative estimate of drug-likeness (QED) is 0.663. The van der Waals surface area contributed by atoms with E-state index >= 15 is 0 Å². The number of carbonyl (C=O) groups is 1. The highest BCUT2D eigenvalue weighted by Gasteiger charge is 2.38. The van der Waals surface area contributed by atoms with Crippen LogP contribution in [0.5, 0.6) is 5.75 Å². The minimum absolute atomic E-state index is 0.0999. The van der Waals surface area contributed by atoms with Crippen molar-refractivity contribution in [2.75, 3.05) is 13.1 Å². The van der Waals surface area contributed by atoms with Gasteiger partial charge in [-0.3, -0.25) is 9.78 Å². The fraction of sp³-hybridized carbons (Fsp3) is 0.263. The van der Waals surface area contributed by atoms with Gasteiger partial charge in [-0.1, -0.05) is 5.16 Å². The van der Waals surface area contributed by atoms with Crippen LogP contribution in [0.15, 0.2) is 53.3 Å². The Labute approximate surface area is 163 Å². The number of likely N-dealkylation sites (tertiary alicyclic amines) is 1. The van der Waals surface area contributed by atoms with Gasteiger partial charge in [0, 0.05) is 30.9 Å². The molecule has 1 amide bonds. The summed E-state index contributed by atoms with van der Waals surface area (Å²) in [7, 11) is 0. The summed E-state index contributed by atoms with van der Waals surface area (Å²) in [5, 5.41) is 3.35. The molecule has 0 radical (unpaired) electrons. The Kier molecular flexibility index (Phi) is 4.91. The smallest absolute Gasteiger partial charge is 0.471 e. The third-order valence-electron chi connectivity index (χ3n) is 4.42. The summed E-state index contributed by atoms with van der Waals surface area (Å²) in [6, 6.07) is 9.75. The highest BCUT2D eigenvalue weighted by molar-refractivity contribution is 5.94. The fourth-order valence-corrected chi connectivity index (χ4v) is 3.01. The number of aromatic nitrogens is 3. The lowest BCUT2D eigenvalue weighted by atomic mass is 10.2. The maximum Gasteiger partial charge on any atom is 0.471 e. The van der Waals surface area contributed by atoms with E-state index in [4.69, 9.17) is 4.74 Å². The van der Waals surface area contributed by atoms with E-state index < -0.39 is 12.1 Å². The second-order valence-corrected chi connectivity index (χ2v) is 6.47. The number of hydrogen-bond acceptors (Lipinski definition) is 6. The Morgan fingerprint density at radius 3 is 2.66 bits per heavy atom. The van der Waals surface area contributed by atoms with Crippen LogP contribution in [-0.4, -0.2) is 45.1 Å². The van der Waals surface area contributed by atoms with Crippen LogP contribution < -0.4 is 4.74 Å². The summed E-state index contributed by atoms with van der Waals surface area (Å²) in [6.07, 6.45) is -1.06. The molecule has 1 saturated heterocycles. The summed E-state index contributed by atoms with van der Waals surface area (Å²) in [6.45, 7) is 1.01. The predicted octanol–water partition coefficient (Wildman–Crippen LogP) is 3.44. The van der Waals surface area contributed by atoms with E-state index in [0.717, 1.165) is 0 Å². The van der Waals surface area contributed by atoms with Crippen molar-refractivity contribution < 1.29 is 27.2 Å². The van der Waals surface area contributed by atoms with Gasteiger partial charge < -0.3 is 14.2 Å². The van der Waals surface area contributed by atoms with Gasteiger partial charge in [-0.15, -0.1) is 0 Å². The Morgan fingerprint density at radius 2 is 2.00 bits per heavy atom. The normalized spacial score (nSPS) is 16.8. The zero-order valence-electron chi connectivity index (χ0n) is 15.0. The number of halogens is 3.